The van der Waals surface area contributed by atoms with Crippen molar-refractivity contribution in [2.45, 2.75) is 65.7 Å². The monoisotopic (exact) mass is 280 g/mol. The minimum atomic E-state index is -0.0735. The summed E-state index contributed by atoms with van der Waals surface area (Å²) in [5, 5.41) is 7.36. The van der Waals surface area contributed by atoms with E-state index in [-0.39, 0.29) is 13.4 Å². The van der Waals surface area contributed by atoms with Gasteiger partial charge < -0.3 is 5.32 Å². The molecule has 1 aromatic rings. The van der Waals surface area contributed by atoms with Gasteiger partial charge in [-0.15, -0.1) is 0 Å². The number of nitrogens with one attached hydrogen (secondary N) is 1. The molecule has 1 N–H and O–H groups in total. The van der Waals surface area contributed by atoms with E-state index in [2.05, 4.69) is 29.2 Å². The van der Waals surface area contributed by atoms with Crippen molar-refractivity contribution in [3.05, 3.63) is 17.5 Å². The van der Waals surface area contributed by atoms with Crippen LogP contribution in [-0.4, -0.2) is 39.2 Å². The van der Waals surface area contributed by atoms with Crippen molar-refractivity contribution in [1.82, 2.24) is 20.0 Å². The van der Waals surface area contributed by atoms with Gasteiger partial charge in [0.15, 0.2) is 0 Å². The van der Waals surface area contributed by atoms with E-state index in [1.54, 1.807) is 0 Å². The molecule has 0 fully saturated rings. The maximum Gasteiger partial charge on any atom is 0.271 e. The van der Waals surface area contributed by atoms with Crippen molar-refractivity contribution in [3.8, 4) is 0 Å². The lowest BCUT2D eigenvalue weighted by molar-refractivity contribution is 0.0937. The number of aromatic nitrogens is 2. The summed E-state index contributed by atoms with van der Waals surface area (Å²) in [7, 11) is 0. The third-order valence-corrected chi connectivity index (χ3v) is 3.91. The lowest BCUT2D eigenvalue weighted by Gasteiger charge is -2.26. The Balaban J connectivity index is 0.00000220. The van der Waals surface area contributed by atoms with Gasteiger partial charge in [-0.3, -0.25) is 14.4 Å². The quantitative estimate of drug-likeness (QED) is 0.920. The second-order valence-corrected chi connectivity index (χ2v) is 5.95. The lowest BCUT2D eigenvalue weighted by atomic mass is 10.2. The fourth-order valence-corrected chi connectivity index (χ4v) is 2.57. The molecule has 1 aliphatic heterocycles. The first-order valence-electron chi connectivity index (χ1n) is 7.63. The summed E-state index contributed by atoms with van der Waals surface area (Å²) in [6.45, 7) is 11.3. The second kappa shape index (κ2) is 6.39. The van der Waals surface area contributed by atoms with Gasteiger partial charge in [-0.1, -0.05) is 6.92 Å². The van der Waals surface area contributed by atoms with Crippen LogP contribution < -0.4 is 5.32 Å². The zero-order valence-electron chi connectivity index (χ0n) is 13.0. The van der Waals surface area contributed by atoms with Crippen LogP contribution >= 0.6 is 0 Å². The number of amides is 1. The molecule has 5 nitrogen and oxygen atoms in total. The molecule has 0 spiro atoms. The summed E-state index contributed by atoms with van der Waals surface area (Å²) in [5.74, 6) is -0.0735. The van der Waals surface area contributed by atoms with E-state index in [4.69, 9.17) is 0 Å². The van der Waals surface area contributed by atoms with E-state index in [1.807, 2.05) is 24.6 Å². The van der Waals surface area contributed by atoms with Crippen LogP contribution in [0, 0.1) is 0 Å². The predicted octanol–water partition coefficient (Wildman–Crippen LogP) is 2.27. The summed E-state index contributed by atoms with van der Waals surface area (Å²) in [6.07, 6.45) is 2.24. The van der Waals surface area contributed by atoms with Gasteiger partial charge in [0, 0.05) is 33.1 Å². The van der Waals surface area contributed by atoms with Crippen LogP contribution in [0.2, 0.25) is 0 Å². The highest BCUT2D eigenvalue weighted by Crippen LogP contribution is 2.17. The highest BCUT2D eigenvalue weighted by molar-refractivity contribution is 5.92. The molecule has 0 aromatic carbocycles. The van der Waals surface area contributed by atoms with Crippen molar-refractivity contribution in [2.75, 3.05) is 6.54 Å². The van der Waals surface area contributed by atoms with Gasteiger partial charge >= 0.3 is 0 Å². The minimum absolute atomic E-state index is 0. The molecule has 0 aliphatic carbocycles. The van der Waals surface area contributed by atoms with Crippen molar-refractivity contribution >= 4 is 5.91 Å². The molecule has 114 valence electrons. The first-order valence-corrected chi connectivity index (χ1v) is 7.63. The number of rotatable bonds is 4. The molecule has 1 unspecified atom stereocenters. The fraction of sp³-hybridized carbons (Fsp3) is 0.733. The number of aryl methyl sites for hydroxylation is 1. The summed E-state index contributed by atoms with van der Waals surface area (Å²) >= 11 is 0. The average Bonchev–Trinajstić information content (AvgIpc) is 2.69. The number of hydrogen-bond donors (Lipinski definition) is 1. The van der Waals surface area contributed by atoms with Crippen molar-refractivity contribution in [2.24, 2.45) is 0 Å². The number of nitrogens with zero attached hydrogens (tertiary/aromatic N) is 3. The average molecular weight is 280 g/mol. The maximum atomic E-state index is 12.0. The van der Waals surface area contributed by atoms with Crippen LogP contribution in [0.4, 0.5) is 0 Å². The van der Waals surface area contributed by atoms with Gasteiger partial charge in [-0.2, -0.15) is 5.10 Å². The Morgan fingerprint density at radius 2 is 2.20 bits per heavy atom. The lowest BCUT2D eigenvalue weighted by Crippen LogP contribution is -2.32. The molecule has 0 saturated carbocycles. The summed E-state index contributed by atoms with van der Waals surface area (Å²) in [6, 6.07) is 2.66. The van der Waals surface area contributed by atoms with Gasteiger partial charge in [-0.25, -0.2) is 0 Å². The molecule has 0 radical (unpaired) electrons. The van der Waals surface area contributed by atoms with Crippen LogP contribution in [0.1, 0.15) is 58.1 Å². The first kappa shape index (κ1) is 15.0. The van der Waals surface area contributed by atoms with Crippen LogP contribution in [0.3, 0.4) is 0 Å². The molecule has 1 atom stereocenters. The Bertz CT molecular complexity index is 472. The van der Waals surface area contributed by atoms with E-state index in [1.165, 1.54) is 0 Å². The van der Waals surface area contributed by atoms with E-state index in [9.17, 15) is 4.79 Å². The molecule has 1 amide bonds. The zero-order chi connectivity index (χ0) is 14.7. The van der Waals surface area contributed by atoms with Crippen LogP contribution in [0.15, 0.2) is 6.07 Å². The maximum absolute atomic E-state index is 12.0. The Morgan fingerprint density at radius 3 is 2.85 bits per heavy atom. The smallest absolute Gasteiger partial charge is 0.271 e. The Hall–Kier alpha value is -1.36. The zero-order valence-corrected chi connectivity index (χ0v) is 13.0. The van der Waals surface area contributed by atoms with E-state index >= 15 is 0 Å². The van der Waals surface area contributed by atoms with Gasteiger partial charge in [0.1, 0.15) is 5.69 Å². The normalized spacial score (nSPS) is 17.6. The Morgan fingerprint density at radius 1 is 1.45 bits per heavy atom. The van der Waals surface area contributed by atoms with Gasteiger partial charge in [0.05, 0.1) is 5.69 Å². The Kier molecular flexibility index (Phi) is 4.81. The number of carbonyl (C=O) groups excluding carboxylic acids is 1. The summed E-state index contributed by atoms with van der Waals surface area (Å²) in [4.78, 5) is 14.5. The number of fused-ring (bicyclic) bond motifs is 1. The molecular weight excluding hydrogens is 252 g/mol. The molecule has 2 heterocycles. The third-order valence-electron chi connectivity index (χ3n) is 3.91. The predicted molar refractivity (Wildman–Crippen MR) is 81.7 cm³/mol. The molecule has 5 heteroatoms. The molecule has 0 saturated heterocycles. The van der Waals surface area contributed by atoms with Crippen molar-refractivity contribution < 1.29 is 6.22 Å². The first-order chi connectivity index (χ1) is 9.51. The molecule has 20 heavy (non-hydrogen) atoms. The highest BCUT2D eigenvalue weighted by Gasteiger charge is 2.21. The van der Waals surface area contributed by atoms with Crippen LogP contribution in [-0.2, 0) is 13.1 Å². The van der Waals surface area contributed by atoms with Crippen molar-refractivity contribution in [3.63, 3.8) is 0 Å². The Labute approximate surface area is 122 Å². The number of carbonyl (C=O) groups is 1. The topological polar surface area (TPSA) is 50.2 Å². The summed E-state index contributed by atoms with van der Waals surface area (Å²) < 4.78 is 2.00. The SMILES string of the molecule is CCC(C)N1CCCn2nc(C(=O)NC(C)C)cc2C1.[HH]. The summed E-state index contributed by atoms with van der Waals surface area (Å²) in [5.41, 5.74) is 1.69. The molecule has 1 aliphatic rings. The standard InChI is InChI=1S/C15H26N4O.H2/c1-5-12(4)18-7-6-8-19-13(10-18)9-14(17-19)15(20)16-11(2)3;/h9,11-12H,5-8,10H2,1-4H3,(H,16,20);1H. The fourth-order valence-electron chi connectivity index (χ4n) is 2.57. The number of hydrogen-bond acceptors (Lipinski definition) is 3. The van der Waals surface area contributed by atoms with Crippen LogP contribution in [0.25, 0.3) is 0 Å². The minimum Gasteiger partial charge on any atom is -0.348 e. The van der Waals surface area contributed by atoms with Crippen LogP contribution in [0.5, 0.6) is 0 Å². The van der Waals surface area contributed by atoms with E-state index < -0.39 is 0 Å². The van der Waals surface area contributed by atoms with Crippen molar-refractivity contribution in [1.29, 1.82) is 0 Å². The third kappa shape index (κ3) is 3.39. The molecule has 2 rings (SSSR count). The van der Waals surface area contributed by atoms with E-state index in [0.717, 1.165) is 38.2 Å². The highest BCUT2D eigenvalue weighted by atomic mass is 16.2. The molecule has 1 aromatic heterocycles. The molecular formula is C15H28N4O. The van der Waals surface area contributed by atoms with Gasteiger partial charge in [0.25, 0.3) is 5.91 Å². The van der Waals surface area contributed by atoms with Gasteiger partial charge in [-0.05, 0) is 39.7 Å². The second-order valence-electron chi connectivity index (χ2n) is 5.95. The molecule has 0 bridgehead atoms. The van der Waals surface area contributed by atoms with Gasteiger partial charge in [0.2, 0.25) is 0 Å². The largest absolute Gasteiger partial charge is 0.348 e. The van der Waals surface area contributed by atoms with E-state index in [0.29, 0.717) is 11.7 Å².